The molecular weight excluding hydrogens is 1160 g/mol. The number of benzene rings is 2. The third-order valence-electron chi connectivity index (χ3n) is 14.6. The molecule has 25 heteroatoms. The number of rotatable bonds is 9. The molecule has 2 aromatic carbocycles. The van der Waals surface area contributed by atoms with Crippen molar-refractivity contribution < 1.29 is 9.47 Å². The quantitative estimate of drug-likeness (QED) is 0.136. The first-order valence-corrected chi connectivity index (χ1v) is 28.3. The molecule has 6 aromatic heterocycles. The van der Waals surface area contributed by atoms with E-state index in [4.69, 9.17) is 76.2 Å². The largest absolute Gasteiger partial charge is 0.497 e. The fraction of sp³-hybridized carbons (Fsp3) is 0.429. The lowest BCUT2D eigenvalue weighted by atomic mass is 9.83. The maximum atomic E-state index is 8.74. The minimum Gasteiger partial charge on any atom is -0.497 e. The molecule has 3 fully saturated rings. The molecule has 0 atom stereocenters. The van der Waals surface area contributed by atoms with E-state index in [0.29, 0.717) is 39.9 Å². The van der Waals surface area contributed by atoms with Crippen LogP contribution in [0.1, 0.15) is 95.7 Å². The summed E-state index contributed by atoms with van der Waals surface area (Å²) in [5.41, 5.74) is 18.5. The van der Waals surface area contributed by atoms with Gasteiger partial charge in [0.1, 0.15) is 51.8 Å². The Balaban J connectivity index is 0.000000150. The molecule has 0 saturated carbocycles. The molecule has 0 aliphatic carbocycles. The number of fused-ring (bicyclic) bond motifs is 2. The molecule has 3 saturated heterocycles. The van der Waals surface area contributed by atoms with Crippen molar-refractivity contribution in [3.05, 3.63) is 116 Å². The molecule has 0 amide bonds. The van der Waals surface area contributed by atoms with E-state index in [1.165, 1.54) is 6.20 Å². The van der Waals surface area contributed by atoms with Crippen LogP contribution < -0.4 is 35.6 Å². The molecule has 21 nitrogen and oxygen atoms in total. The van der Waals surface area contributed by atoms with Gasteiger partial charge in [0.25, 0.3) is 0 Å². The van der Waals surface area contributed by atoms with Crippen molar-refractivity contribution in [1.82, 2.24) is 59.4 Å². The van der Waals surface area contributed by atoms with E-state index in [1.54, 1.807) is 26.5 Å². The first kappa shape index (κ1) is 59.9. The first-order chi connectivity index (χ1) is 38.6. The molecule has 11 rings (SSSR count). The van der Waals surface area contributed by atoms with Crippen LogP contribution in [0.3, 0.4) is 0 Å². The highest BCUT2D eigenvalue weighted by molar-refractivity contribution is 9.10. The number of ether oxygens (including phenoxy) is 2. The highest BCUT2D eigenvalue weighted by Crippen LogP contribution is 2.34. The van der Waals surface area contributed by atoms with Gasteiger partial charge in [-0.3, -0.25) is 0 Å². The Kier molecular flexibility index (Phi) is 19.3. The molecule has 9 heterocycles. The monoisotopic (exact) mass is 1220 g/mol. The average Bonchev–Trinajstić information content (AvgIpc) is 4.07. The summed E-state index contributed by atoms with van der Waals surface area (Å²) in [6, 6.07) is 19.6. The van der Waals surface area contributed by atoms with Crippen molar-refractivity contribution in [2.75, 3.05) is 73.9 Å². The van der Waals surface area contributed by atoms with Crippen LogP contribution in [0.25, 0.3) is 22.3 Å². The van der Waals surface area contributed by atoms with Gasteiger partial charge in [0.05, 0.1) is 52.1 Å². The first-order valence-electron chi connectivity index (χ1n) is 26.3. The van der Waals surface area contributed by atoms with Crippen molar-refractivity contribution in [3.63, 3.8) is 0 Å². The number of anilines is 4. The SMILES string of the molecule is CC1(C)CCN(c2cnc(C#N)c(Cl)n2)CC1.COc1ccc(Cn2nc(Br)c3ncc(N4CCC(C)(N)CC4)nc32)cc1.COc1ccc(Cn2nc(N)c3ncc(N4CCC(C)(C)CC4)nc32)cc1.N#Cc1ncc(Cl)nc1Cl. The van der Waals surface area contributed by atoms with Crippen LogP contribution in [-0.4, -0.2) is 118 Å². The van der Waals surface area contributed by atoms with Crippen LogP contribution in [0.4, 0.5) is 23.3 Å². The van der Waals surface area contributed by atoms with Crippen molar-refractivity contribution >= 4 is 96.3 Å². The maximum absolute atomic E-state index is 8.74. The van der Waals surface area contributed by atoms with Gasteiger partial charge in [0, 0.05) is 44.8 Å². The molecule has 81 heavy (non-hydrogen) atoms. The number of nitriles is 2. The van der Waals surface area contributed by atoms with E-state index in [2.05, 4.69) is 105 Å². The molecule has 0 bridgehead atoms. The summed E-state index contributed by atoms with van der Waals surface area (Å²) in [7, 11) is 3.33. The summed E-state index contributed by atoms with van der Waals surface area (Å²) in [5.74, 6) is 4.63. The van der Waals surface area contributed by atoms with Crippen LogP contribution in [0, 0.1) is 33.5 Å². The van der Waals surface area contributed by atoms with Gasteiger partial charge in [-0.15, -0.1) is 0 Å². The predicted octanol–water partition coefficient (Wildman–Crippen LogP) is 10.3. The summed E-state index contributed by atoms with van der Waals surface area (Å²) >= 11 is 20.2. The minimum absolute atomic E-state index is 0.0370. The number of halogens is 4. The molecule has 424 valence electrons. The van der Waals surface area contributed by atoms with Gasteiger partial charge in [0.2, 0.25) is 0 Å². The highest BCUT2D eigenvalue weighted by atomic mass is 79.9. The summed E-state index contributed by atoms with van der Waals surface area (Å²) in [6.07, 6.45) is 13.0. The van der Waals surface area contributed by atoms with Gasteiger partial charge in [-0.2, -0.15) is 20.7 Å². The molecule has 8 aromatic rings. The summed E-state index contributed by atoms with van der Waals surface area (Å²) in [4.78, 5) is 41.0. The zero-order valence-corrected chi connectivity index (χ0v) is 50.3. The smallest absolute Gasteiger partial charge is 0.181 e. The Hall–Kier alpha value is -7.21. The number of piperidine rings is 3. The van der Waals surface area contributed by atoms with E-state index in [0.717, 1.165) is 135 Å². The number of nitrogens with two attached hydrogens (primary N) is 2. The molecule has 0 spiro atoms. The molecular formula is C56H65BrCl3N19O2. The lowest BCUT2D eigenvalue weighted by Gasteiger charge is -2.37. The Bertz CT molecular complexity index is 3360. The predicted molar refractivity (Wildman–Crippen MR) is 320 cm³/mol. The second kappa shape index (κ2) is 26.1. The van der Waals surface area contributed by atoms with E-state index in [1.807, 2.05) is 76.4 Å². The normalized spacial score (nSPS) is 16.1. The number of methoxy groups -OCH3 is 2. The molecule has 0 unspecified atom stereocenters. The third kappa shape index (κ3) is 15.6. The summed E-state index contributed by atoms with van der Waals surface area (Å²) in [6.45, 7) is 18.2. The van der Waals surface area contributed by atoms with Crippen LogP contribution in [-0.2, 0) is 13.1 Å². The topological polar surface area (TPSA) is 267 Å². The van der Waals surface area contributed by atoms with Crippen LogP contribution in [0.2, 0.25) is 15.5 Å². The van der Waals surface area contributed by atoms with Gasteiger partial charge in [0.15, 0.2) is 48.9 Å². The minimum atomic E-state index is -0.0901. The number of nitrogens with zero attached hydrogens (tertiary/aromatic N) is 17. The Labute approximate surface area is 494 Å². The Morgan fingerprint density at radius 1 is 0.556 bits per heavy atom. The molecule has 0 radical (unpaired) electrons. The summed E-state index contributed by atoms with van der Waals surface area (Å²) in [5, 5.41) is 26.5. The Morgan fingerprint density at radius 3 is 1.40 bits per heavy atom. The van der Waals surface area contributed by atoms with E-state index in [9.17, 15) is 0 Å². The van der Waals surface area contributed by atoms with Crippen molar-refractivity contribution in [1.29, 1.82) is 10.5 Å². The fourth-order valence-electron chi connectivity index (χ4n) is 9.12. The van der Waals surface area contributed by atoms with Gasteiger partial charge in [-0.25, -0.2) is 49.2 Å². The number of nitrogen functional groups attached to an aromatic ring is 1. The zero-order valence-electron chi connectivity index (χ0n) is 46.4. The number of hydrogen-bond donors (Lipinski definition) is 2. The average molecular weight is 1220 g/mol. The molecule has 4 N–H and O–H groups in total. The van der Waals surface area contributed by atoms with Crippen LogP contribution >= 0.6 is 50.7 Å². The summed E-state index contributed by atoms with van der Waals surface area (Å²) < 4.78 is 14.9. The standard InChI is InChI=1S/C20H26N6O.C19H23BrN6O.C12H15ClN4.C5HCl2N3/c1-20(2)8-10-25(11-9-20)16-12-22-17-18(21)24-26(19(17)23-16)13-14-4-6-15(27-3)7-5-14;1-19(21)7-9-25(10-8-19)15-11-22-16-17(20)24-26(18(16)23-15)12-13-3-5-14(27-2)6-4-13;1-12(2)3-5-17(6-4-12)10-8-15-9(7-14)11(13)16-10;6-4-2-9-3(1-8)5(7)10-4/h4-7,12H,8-11,13H2,1-3H3,(H2,21,24);3-6,11H,7-10,12,21H2,1-2H3;8H,3-6H2,1-2H3;2H. The van der Waals surface area contributed by atoms with Crippen molar-refractivity contribution in [2.45, 2.75) is 91.8 Å². The molecule has 3 aliphatic rings. The van der Waals surface area contributed by atoms with Gasteiger partial charge in [-0.05, 0) is 108 Å². The van der Waals surface area contributed by atoms with Crippen molar-refractivity contribution in [3.8, 4) is 23.6 Å². The zero-order chi connectivity index (χ0) is 58.1. The van der Waals surface area contributed by atoms with Gasteiger partial charge >= 0.3 is 0 Å². The second-order valence-corrected chi connectivity index (χ2v) is 23.7. The lowest BCUT2D eigenvalue weighted by Crippen LogP contribution is -2.48. The fourth-order valence-corrected chi connectivity index (χ4v) is 10.1. The third-order valence-corrected chi connectivity index (χ3v) is 15.8. The number of hydrogen-bond acceptors (Lipinski definition) is 19. The lowest BCUT2D eigenvalue weighted by molar-refractivity contribution is 0.279. The van der Waals surface area contributed by atoms with Gasteiger partial charge < -0.3 is 35.6 Å². The Morgan fingerprint density at radius 2 is 0.951 bits per heavy atom. The van der Waals surface area contributed by atoms with E-state index >= 15 is 0 Å². The maximum Gasteiger partial charge on any atom is 0.181 e. The van der Waals surface area contributed by atoms with Crippen LogP contribution in [0.15, 0.2) is 77.9 Å². The van der Waals surface area contributed by atoms with E-state index in [-0.39, 0.29) is 32.4 Å². The molecule has 3 aliphatic heterocycles. The van der Waals surface area contributed by atoms with Crippen LogP contribution in [0.5, 0.6) is 11.5 Å². The second-order valence-electron chi connectivity index (χ2n) is 21.9. The van der Waals surface area contributed by atoms with E-state index < -0.39 is 0 Å². The highest BCUT2D eigenvalue weighted by Gasteiger charge is 2.29. The number of aromatic nitrogens is 12. The van der Waals surface area contributed by atoms with Gasteiger partial charge in [-0.1, -0.05) is 86.8 Å². The van der Waals surface area contributed by atoms with Crippen molar-refractivity contribution in [2.24, 2.45) is 16.6 Å².